The molecule has 0 unspecified atom stereocenters. The lowest BCUT2D eigenvalue weighted by molar-refractivity contribution is 0.242. The average Bonchev–Trinajstić information content (AvgIpc) is 2.36. The predicted molar refractivity (Wildman–Crippen MR) is 75.1 cm³/mol. The molecule has 0 aromatic heterocycles. The molecule has 1 aromatic carbocycles. The van der Waals surface area contributed by atoms with Crippen LogP contribution < -0.4 is 4.74 Å². The van der Waals surface area contributed by atoms with Gasteiger partial charge in [-0.2, -0.15) is 0 Å². The topological polar surface area (TPSA) is 32.7 Å². The van der Waals surface area contributed by atoms with Crippen LogP contribution in [0.4, 0.5) is 0 Å². The number of rotatable bonds is 7. The van der Waals surface area contributed by atoms with Gasteiger partial charge in [0, 0.05) is 25.3 Å². The lowest BCUT2D eigenvalue weighted by atomic mass is 10.0. The van der Waals surface area contributed by atoms with Gasteiger partial charge in [-0.05, 0) is 31.0 Å². The molecule has 1 N–H and O–H groups in total. The molecule has 0 heterocycles. The number of methoxy groups -OCH3 is 1. The molecule has 0 spiro atoms. The van der Waals surface area contributed by atoms with E-state index in [4.69, 9.17) is 9.84 Å². The van der Waals surface area contributed by atoms with Gasteiger partial charge in [0.05, 0.1) is 7.11 Å². The molecule has 0 atom stereocenters. The van der Waals surface area contributed by atoms with E-state index in [0.717, 1.165) is 25.3 Å². The Hall–Kier alpha value is -1.06. The number of aliphatic hydroxyl groups excluding tert-OH is 1. The van der Waals surface area contributed by atoms with Gasteiger partial charge in [0.2, 0.25) is 0 Å². The van der Waals surface area contributed by atoms with Gasteiger partial charge >= 0.3 is 0 Å². The third-order valence-electron chi connectivity index (χ3n) is 3.12. The van der Waals surface area contributed by atoms with Crippen LogP contribution in [-0.4, -0.2) is 37.3 Å². The van der Waals surface area contributed by atoms with Crippen LogP contribution in [-0.2, 0) is 6.54 Å². The van der Waals surface area contributed by atoms with Crippen molar-refractivity contribution in [3.8, 4) is 5.75 Å². The first-order chi connectivity index (χ1) is 8.58. The molecule has 3 heteroatoms. The molecule has 0 aliphatic carbocycles. The summed E-state index contributed by atoms with van der Waals surface area (Å²) in [5.41, 5.74) is 2.50. The second-order valence-corrected chi connectivity index (χ2v) is 5.04. The maximum atomic E-state index is 8.83. The fraction of sp³-hybridized carbons (Fsp3) is 0.600. The quantitative estimate of drug-likeness (QED) is 0.808. The van der Waals surface area contributed by atoms with E-state index in [-0.39, 0.29) is 6.61 Å². The average molecular weight is 251 g/mol. The van der Waals surface area contributed by atoms with Crippen LogP contribution in [0.3, 0.4) is 0 Å². The number of benzene rings is 1. The fourth-order valence-corrected chi connectivity index (χ4v) is 1.96. The molecule has 0 fully saturated rings. The van der Waals surface area contributed by atoms with Gasteiger partial charge in [0.1, 0.15) is 5.75 Å². The standard InChI is InChI=1S/C15H25NO2/c1-12(2)13-6-7-14(15(10-13)18-4)11-16(3)8-5-9-17/h6-7,10,12,17H,5,8-9,11H2,1-4H3. The Labute approximate surface area is 110 Å². The molecule has 102 valence electrons. The van der Waals surface area contributed by atoms with Gasteiger partial charge < -0.3 is 14.7 Å². The van der Waals surface area contributed by atoms with Crippen LogP contribution in [0.15, 0.2) is 18.2 Å². The van der Waals surface area contributed by atoms with E-state index in [9.17, 15) is 0 Å². The van der Waals surface area contributed by atoms with Crippen molar-refractivity contribution in [2.75, 3.05) is 27.3 Å². The molecule has 0 saturated carbocycles. The highest BCUT2D eigenvalue weighted by molar-refractivity contribution is 5.38. The van der Waals surface area contributed by atoms with Gasteiger partial charge in [-0.3, -0.25) is 0 Å². The molecule has 3 nitrogen and oxygen atoms in total. The first-order valence-corrected chi connectivity index (χ1v) is 6.54. The number of hydrogen-bond acceptors (Lipinski definition) is 3. The third-order valence-corrected chi connectivity index (χ3v) is 3.12. The minimum Gasteiger partial charge on any atom is -0.496 e. The highest BCUT2D eigenvalue weighted by Crippen LogP contribution is 2.25. The van der Waals surface area contributed by atoms with Crippen molar-refractivity contribution in [3.63, 3.8) is 0 Å². The largest absolute Gasteiger partial charge is 0.496 e. The number of ether oxygens (including phenoxy) is 1. The highest BCUT2D eigenvalue weighted by Gasteiger charge is 2.08. The second-order valence-electron chi connectivity index (χ2n) is 5.04. The van der Waals surface area contributed by atoms with E-state index in [0.29, 0.717) is 5.92 Å². The summed E-state index contributed by atoms with van der Waals surface area (Å²) >= 11 is 0. The summed E-state index contributed by atoms with van der Waals surface area (Å²) in [5, 5.41) is 8.83. The van der Waals surface area contributed by atoms with Crippen molar-refractivity contribution in [1.82, 2.24) is 4.90 Å². The Kier molecular flexibility index (Phi) is 6.16. The SMILES string of the molecule is COc1cc(C(C)C)ccc1CN(C)CCCO. The molecule has 18 heavy (non-hydrogen) atoms. The van der Waals surface area contributed by atoms with Gasteiger partial charge in [-0.1, -0.05) is 26.0 Å². The summed E-state index contributed by atoms with van der Waals surface area (Å²) in [6.07, 6.45) is 0.808. The van der Waals surface area contributed by atoms with Gasteiger partial charge in [0.25, 0.3) is 0 Å². The lowest BCUT2D eigenvalue weighted by Gasteiger charge is -2.19. The normalized spacial score (nSPS) is 11.3. The Morgan fingerprint density at radius 1 is 1.33 bits per heavy atom. The van der Waals surface area contributed by atoms with Crippen LogP contribution in [0.1, 0.15) is 37.3 Å². The molecule has 0 aliphatic heterocycles. The van der Waals surface area contributed by atoms with Crippen LogP contribution in [0.5, 0.6) is 5.75 Å². The monoisotopic (exact) mass is 251 g/mol. The highest BCUT2D eigenvalue weighted by atomic mass is 16.5. The maximum Gasteiger partial charge on any atom is 0.123 e. The maximum absolute atomic E-state index is 8.83. The van der Waals surface area contributed by atoms with Crippen LogP contribution in [0.25, 0.3) is 0 Å². The van der Waals surface area contributed by atoms with Crippen molar-refractivity contribution in [3.05, 3.63) is 29.3 Å². The van der Waals surface area contributed by atoms with Crippen molar-refractivity contribution in [2.24, 2.45) is 0 Å². The third kappa shape index (κ3) is 4.31. The zero-order valence-electron chi connectivity index (χ0n) is 11.9. The zero-order valence-corrected chi connectivity index (χ0v) is 11.9. The van der Waals surface area contributed by atoms with E-state index >= 15 is 0 Å². The molecule has 0 saturated heterocycles. The van der Waals surface area contributed by atoms with Gasteiger partial charge in [-0.15, -0.1) is 0 Å². The van der Waals surface area contributed by atoms with E-state index < -0.39 is 0 Å². The Morgan fingerprint density at radius 3 is 2.61 bits per heavy atom. The minimum absolute atomic E-state index is 0.244. The van der Waals surface area contributed by atoms with Crippen molar-refractivity contribution >= 4 is 0 Å². The van der Waals surface area contributed by atoms with Crippen LogP contribution in [0.2, 0.25) is 0 Å². The summed E-state index contributed by atoms with van der Waals surface area (Å²) in [7, 11) is 3.78. The van der Waals surface area contributed by atoms with Crippen molar-refractivity contribution < 1.29 is 9.84 Å². The summed E-state index contributed by atoms with van der Waals surface area (Å²) in [4.78, 5) is 2.20. The van der Waals surface area contributed by atoms with Crippen molar-refractivity contribution in [1.29, 1.82) is 0 Å². The summed E-state index contributed by atoms with van der Waals surface area (Å²) in [6.45, 7) is 6.35. The van der Waals surface area contributed by atoms with Gasteiger partial charge in [-0.25, -0.2) is 0 Å². The number of nitrogens with zero attached hydrogens (tertiary/aromatic N) is 1. The van der Waals surface area contributed by atoms with E-state index in [2.05, 4.69) is 44.0 Å². The summed E-state index contributed by atoms with van der Waals surface area (Å²) in [5.74, 6) is 1.47. The lowest BCUT2D eigenvalue weighted by Crippen LogP contribution is -2.20. The molecule has 0 amide bonds. The second kappa shape index (κ2) is 7.39. The molecule has 1 rings (SSSR count). The molecule has 1 aromatic rings. The van der Waals surface area contributed by atoms with Crippen LogP contribution >= 0.6 is 0 Å². The predicted octanol–water partition coefficient (Wildman–Crippen LogP) is 2.63. The van der Waals surface area contributed by atoms with Crippen molar-refractivity contribution in [2.45, 2.75) is 32.7 Å². The fourth-order valence-electron chi connectivity index (χ4n) is 1.96. The number of aliphatic hydroxyl groups is 1. The Balaban J connectivity index is 2.76. The zero-order chi connectivity index (χ0) is 13.5. The first kappa shape index (κ1) is 15.0. The van der Waals surface area contributed by atoms with E-state index in [1.54, 1.807) is 7.11 Å². The van der Waals surface area contributed by atoms with E-state index in [1.165, 1.54) is 11.1 Å². The first-order valence-electron chi connectivity index (χ1n) is 6.54. The smallest absolute Gasteiger partial charge is 0.123 e. The molecule has 0 bridgehead atoms. The molecular weight excluding hydrogens is 226 g/mol. The summed E-state index contributed by atoms with van der Waals surface area (Å²) < 4.78 is 5.47. The Morgan fingerprint density at radius 2 is 2.06 bits per heavy atom. The molecule has 0 aliphatic rings. The number of hydrogen-bond donors (Lipinski definition) is 1. The minimum atomic E-state index is 0.244. The van der Waals surface area contributed by atoms with Gasteiger partial charge in [0.15, 0.2) is 0 Å². The molecular formula is C15H25NO2. The van der Waals surface area contributed by atoms with Crippen LogP contribution in [0, 0.1) is 0 Å². The molecule has 0 radical (unpaired) electrons. The Bertz CT molecular complexity index is 364. The summed E-state index contributed by atoms with van der Waals surface area (Å²) in [6, 6.07) is 6.44. The van der Waals surface area contributed by atoms with E-state index in [1.807, 2.05) is 0 Å².